The summed E-state index contributed by atoms with van der Waals surface area (Å²) in [5.74, 6) is -0.994. The molecule has 2 aliphatic rings. The van der Waals surface area contributed by atoms with Crippen molar-refractivity contribution in [1.82, 2.24) is 9.80 Å². The van der Waals surface area contributed by atoms with Crippen LogP contribution in [-0.4, -0.2) is 65.8 Å². The zero-order chi connectivity index (χ0) is 20.7. The highest BCUT2D eigenvalue weighted by atomic mass is 16.5. The fourth-order valence-electron chi connectivity index (χ4n) is 4.62. The van der Waals surface area contributed by atoms with Gasteiger partial charge in [-0.05, 0) is 77.5 Å². The highest BCUT2D eigenvalue weighted by molar-refractivity contribution is 5.69. The van der Waals surface area contributed by atoms with Crippen molar-refractivity contribution in [2.45, 2.75) is 102 Å². The first-order chi connectivity index (χ1) is 14.2. The second kappa shape index (κ2) is 14.8. The molecule has 168 valence electrons. The van der Waals surface area contributed by atoms with Crippen LogP contribution < -0.4 is 0 Å². The highest BCUT2D eigenvalue weighted by Crippen LogP contribution is 2.23. The summed E-state index contributed by atoms with van der Waals surface area (Å²) in [5, 5.41) is 8.56. The van der Waals surface area contributed by atoms with Gasteiger partial charge in [0.15, 0.2) is 0 Å². The average Bonchev–Trinajstić information content (AvgIpc) is 3.41. The van der Waals surface area contributed by atoms with Crippen LogP contribution in [0.5, 0.6) is 0 Å². The molecule has 0 radical (unpaired) electrons. The number of aliphatic carboxylic acids is 1. The van der Waals surface area contributed by atoms with E-state index < -0.39 is 5.97 Å². The number of rotatable bonds is 16. The molecule has 2 rings (SSSR count). The maximum Gasteiger partial charge on any atom is 0.305 e. The van der Waals surface area contributed by atoms with Gasteiger partial charge in [-0.15, -0.1) is 0 Å². The van der Waals surface area contributed by atoms with Gasteiger partial charge in [-0.25, -0.2) is 0 Å². The van der Waals surface area contributed by atoms with E-state index in [1.54, 1.807) is 0 Å². The van der Waals surface area contributed by atoms with E-state index in [1.165, 1.54) is 84.0 Å². The lowest BCUT2D eigenvalue weighted by Crippen LogP contribution is -2.45. The number of carboxylic acids is 1. The largest absolute Gasteiger partial charge is 0.481 e. The number of unbranched alkanes of at least 4 members (excludes halogenated alkanes) is 6. The predicted octanol–water partition coefficient (Wildman–Crippen LogP) is 4.42. The van der Waals surface area contributed by atoms with Crippen LogP contribution >= 0.6 is 0 Å². The molecule has 0 aliphatic carbocycles. The van der Waals surface area contributed by atoms with Gasteiger partial charge in [-0.2, -0.15) is 0 Å². The minimum atomic E-state index is -0.805. The van der Waals surface area contributed by atoms with Crippen molar-refractivity contribution in [3.63, 3.8) is 0 Å². The smallest absolute Gasteiger partial charge is 0.305 e. The van der Waals surface area contributed by atoms with Crippen LogP contribution in [0.25, 0.3) is 0 Å². The Morgan fingerprint density at radius 2 is 1.24 bits per heavy atom. The fraction of sp³-hybridized carbons (Fsp3) is 0.913. The van der Waals surface area contributed by atoms with E-state index in [0.717, 1.165) is 12.8 Å². The standard InChI is InChI=1S/C23H42N2O4/c26-22(27)14-6-7-15-23(28)29-20-12-4-2-1-3-5-13-21(24-16-8-9-17-24)25-18-10-11-19-25/h21H,1-20H2,(H,26,27). The van der Waals surface area contributed by atoms with Crippen LogP contribution in [0.1, 0.15) is 96.3 Å². The van der Waals surface area contributed by atoms with Crippen molar-refractivity contribution in [2.75, 3.05) is 32.8 Å². The van der Waals surface area contributed by atoms with Crippen molar-refractivity contribution in [3.05, 3.63) is 0 Å². The molecular weight excluding hydrogens is 368 g/mol. The fourth-order valence-corrected chi connectivity index (χ4v) is 4.62. The zero-order valence-electron chi connectivity index (χ0n) is 18.3. The number of esters is 1. The lowest BCUT2D eigenvalue weighted by atomic mass is 10.1. The number of hydrogen-bond acceptors (Lipinski definition) is 5. The number of hydrogen-bond donors (Lipinski definition) is 1. The Kier molecular flexibility index (Phi) is 12.3. The van der Waals surface area contributed by atoms with E-state index in [2.05, 4.69) is 9.80 Å². The molecule has 2 aliphatic heterocycles. The predicted molar refractivity (Wildman–Crippen MR) is 115 cm³/mol. The number of nitrogens with zero attached hydrogens (tertiary/aromatic N) is 2. The van der Waals surface area contributed by atoms with Gasteiger partial charge in [0.2, 0.25) is 0 Å². The summed E-state index contributed by atoms with van der Waals surface area (Å²) in [6, 6.07) is 0. The molecule has 0 aromatic carbocycles. The quantitative estimate of drug-likeness (QED) is 0.300. The third kappa shape index (κ3) is 10.4. The molecule has 0 aromatic rings. The van der Waals surface area contributed by atoms with Crippen LogP contribution in [0.3, 0.4) is 0 Å². The Morgan fingerprint density at radius 1 is 0.724 bits per heavy atom. The number of likely N-dealkylation sites (tertiary alicyclic amines) is 2. The van der Waals surface area contributed by atoms with Crippen LogP contribution in [0.4, 0.5) is 0 Å². The summed E-state index contributed by atoms with van der Waals surface area (Å²) in [5.41, 5.74) is 0. The molecule has 0 unspecified atom stereocenters. The summed E-state index contributed by atoms with van der Waals surface area (Å²) >= 11 is 0. The van der Waals surface area contributed by atoms with Crippen LogP contribution in [0.15, 0.2) is 0 Å². The van der Waals surface area contributed by atoms with E-state index >= 15 is 0 Å². The van der Waals surface area contributed by atoms with Crippen molar-refractivity contribution in [2.24, 2.45) is 0 Å². The van der Waals surface area contributed by atoms with Crippen molar-refractivity contribution in [1.29, 1.82) is 0 Å². The van der Waals surface area contributed by atoms with E-state index in [1.807, 2.05) is 0 Å². The lowest BCUT2D eigenvalue weighted by Gasteiger charge is -2.35. The van der Waals surface area contributed by atoms with Gasteiger partial charge in [-0.1, -0.05) is 32.1 Å². The van der Waals surface area contributed by atoms with Crippen molar-refractivity contribution in [3.8, 4) is 0 Å². The molecule has 0 amide bonds. The first-order valence-electron chi connectivity index (χ1n) is 12.0. The Bertz CT molecular complexity index is 444. The Labute approximate surface area is 177 Å². The molecule has 0 saturated carbocycles. The van der Waals surface area contributed by atoms with Crippen LogP contribution in [0.2, 0.25) is 0 Å². The molecule has 0 bridgehead atoms. The van der Waals surface area contributed by atoms with Gasteiger partial charge in [0.25, 0.3) is 0 Å². The van der Waals surface area contributed by atoms with Crippen molar-refractivity contribution >= 4 is 11.9 Å². The van der Waals surface area contributed by atoms with E-state index in [0.29, 0.717) is 32.0 Å². The SMILES string of the molecule is O=C(O)CCCCC(=O)OCCCCCCCCC(N1CCCC1)N1CCCC1. The van der Waals surface area contributed by atoms with Gasteiger partial charge in [0.05, 0.1) is 12.8 Å². The van der Waals surface area contributed by atoms with Gasteiger partial charge in [0, 0.05) is 12.8 Å². The number of carbonyl (C=O) groups is 2. The molecule has 2 fully saturated rings. The molecule has 6 nitrogen and oxygen atoms in total. The normalized spacial score (nSPS) is 18.0. The first kappa shape index (κ1) is 24.1. The number of ether oxygens (including phenoxy) is 1. The minimum absolute atomic E-state index is 0.129. The van der Waals surface area contributed by atoms with Crippen LogP contribution in [0, 0.1) is 0 Å². The third-order valence-corrected chi connectivity index (χ3v) is 6.27. The Morgan fingerprint density at radius 3 is 1.83 bits per heavy atom. The highest BCUT2D eigenvalue weighted by Gasteiger charge is 2.28. The molecule has 6 heteroatoms. The van der Waals surface area contributed by atoms with Gasteiger partial charge in [-0.3, -0.25) is 19.4 Å². The van der Waals surface area contributed by atoms with Gasteiger partial charge < -0.3 is 9.84 Å². The molecule has 2 heterocycles. The zero-order valence-corrected chi connectivity index (χ0v) is 18.3. The van der Waals surface area contributed by atoms with Crippen LogP contribution in [-0.2, 0) is 14.3 Å². The summed E-state index contributed by atoms with van der Waals surface area (Å²) in [6.45, 7) is 5.67. The third-order valence-electron chi connectivity index (χ3n) is 6.27. The van der Waals surface area contributed by atoms with E-state index in [4.69, 9.17) is 9.84 Å². The summed E-state index contributed by atoms with van der Waals surface area (Å²) in [6.07, 6.45) is 16.3. The minimum Gasteiger partial charge on any atom is -0.481 e. The molecule has 2 saturated heterocycles. The average molecular weight is 411 g/mol. The monoisotopic (exact) mass is 410 g/mol. The lowest BCUT2D eigenvalue weighted by molar-refractivity contribution is -0.144. The Hall–Kier alpha value is -1.14. The van der Waals surface area contributed by atoms with Crippen molar-refractivity contribution < 1.29 is 19.4 Å². The number of carbonyl (C=O) groups excluding carboxylic acids is 1. The summed E-state index contributed by atoms with van der Waals surface area (Å²) in [4.78, 5) is 27.4. The number of carboxylic acid groups (broad SMARTS) is 1. The molecule has 0 aromatic heterocycles. The summed E-state index contributed by atoms with van der Waals surface area (Å²) < 4.78 is 5.22. The van der Waals surface area contributed by atoms with E-state index in [-0.39, 0.29) is 12.4 Å². The summed E-state index contributed by atoms with van der Waals surface area (Å²) in [7, 11) is 0. The maximum atomic E-state index is 11.6. The molecular formula is C23H42N2O4. The van der Waals surface area contributed by atoms with Gasteiger partial charge in [0.1, 0.15) is 0 Å². The second-order valence-electron chi connectivity index (χ2n) is 8.70. The topological polar surface area (TPSA) is 70.1 Å². The second-order valence-corrected chi connectivity index (χ2v) is 8.70. The molecule has 0 spiro atoms. The Balaban J connectivity index is 1.42. The van der Waals surface area contributed by atoms with Gasteiger partial charge >= 0.3 is 11.9 Å². The molecule has 29 heavy (non-hydrogen) atoms. The molecule has 1 N–H and O–H groups in total. The van der Waals surface area contributed by atoms with E-state index in [9.17, 15) is 9.59 Å². The molecule has 0 atom stereocenters. The maximum absolute atomic E-state index is 11.6. The first-order valence-corrected chi connectivity index (χ1v) is 12.0.